The zero-order chi connectivity index (χ0) is 16.9. The number of para-hydroxylation sites is 1. The number of benzene rings is 1. The van der Waals surface area contributed by atoms with Crippen LogP contribution in [0.3, 0.4) is 0 Å². The summed E-state index contributed by atoms with van der Waals surface area (Å²) in [7, 11) is 0. The summed E-state index contributed by atoms with van der Waals surface area (Å²) in [6.45, 7) is 5.96. The highest BCUT2D eigenvalue weighted by Gasteiger charge is 2.20. The van der Waals surface area contributed by atoms with Crippen LogP contribution in [0.4, 0.5) is 10.5 Å². The second kappa shape index (κ2) is 7.68. The van der Waals surface area contributed by atoms with Crippen molar-refractivity contribution in [1.82, 2.24) is 5.32 Å². The number of hydrogen-bond donors (Lipinski definition) is 3. The Morgan fingerprint density at radius 3 is 2.52 bits per heavy atom. The summed E-state index contributed by atoms with van der Waals surface area (Å²) in [5, 5.41) is 15.9. The summed E-state index contributed by atoms with van der Waals surface area (Å²) < 4.78 is 5.26. The van der Waals surface area contributed by atoms with Crippen LogP contribution in [0.25, 0.3) is 0 Å². The number of anilines is 1. The minimum absolute atomic E-state index is 0.155. The maximum absolute atomic E-state index is 11.8. The van der Waals surface area contributed by atoms with Crippen LogP contribution in [0.15, 0.2) is 24.3 Å². The van der Waals surface area contributed by atoms with Crippen molar-refractivity contribution in [3.63, 3.8) is 0 Å². The van der Waals surface area contributed by atoms with E-state index in [0.717, 1.165) is 36.9 Å². The lowest BCUT2D eigenvalue weighted by Crippen LogP contribution is -2.32. The number of nitrogens with one attached hydrogen (secondary N) is 2. The number of alkyl carbamates (subject to hydrolysis) is 1. The van der Waals surface area contributed by atoms with Gasteiger partial charge in [-0.1, -0.05) is 18.2 Å². The number of carbonyl (C=O) groups is 1. The monoisotopic (exact) mass is 320 g/mol. The summed E-state index contributed by atoms with van der Waals surface area (Å²) in [4.78, 5) is 11.8. The van der Waals surface area contributed by atoms with Crippen LogP contribution >= 0.6 is 0 Å². The van der Waals surface area contributed by atoms with Crippen LogP contribution in [0, 0.1) is 0 Å². The van der Waals surface area contributed by atoms with Gasteiger partial charge in [0.05, 0.1) is 6.10 Å². The van der Waals surface area contributed by atoms with Crippen molar-refractivity contribution in [1.29, 1.82) is 0 Å². The van der Waals surface area contributed by atoms with Gasteiger partial charge < -0.3 is 20.5 Å². The minimum Gasteiger partial charge on any atom is -0.444 e. The van der Waals surface area contributed by atoms with Crippen molar-refractivity contribution in [3.8, 4) is 0 Å². The van der Waals surface area contributed by atoms with Crippen LogP contribution in [0.5, 0.6) is 0 Å². The molecule has 1 saturated carbocycles. The van der Waals surface area contributed by atoms with Crippen LogP contribution in [0.2, 0.25) is 0 Å². The third-order valence-corrected chi connectivity index (χ3v) is 3.90. The van der Waals surface area contributed by atoms with Gasteiger partial charge in [-0.15, -0.1) is 0 Å². The third kappa shape index (κ3) is 6.10. The lowest BCUT2D eigenvalue weighted by molar-refractivity contribution is 0.0523. The zero-order valence-electron chi connectivity index (χ0n) is 14.3. The lowest BCUT2D eigenvalue weighted by atomic mass is 9.93. The normalized spacial score (nSPS) is 21.6. The van der Waals surface area contributed by atoms with E-state index in [2.05, 4.69) is 10.6 Å². The van der Waals surface area contributed by atoms with E-state index in [1.54, 1.807) is 0 Å². The molecule has 128 valence electrons. The minimum atomic E-state index is -0.495. The molecule has 0 aliphatic heterocycles. The number of amides is 1. The van der Waals surface area contributed by atoms with Gasteiger partial charge in [0.25, 0.3) is 0 Å². The summed E-state index contributed by atoms with van der Waals surface area (Å²) in [6.07, 6.45) is 3.06. The molecular formula is C18H28N2O3. The standard InChI is InChI=1S/C18H28N2O3/c1-18(2,3)23-17(22)19-12-13-6-4-5-7-16(13)20-14-8-10-15(21)11-9-14/h4-7,14-15,20-21H,8-12H2,1-3H3,(H,19,22). The molecule has 0 atom stereocenters. The molecule has 0 aromatic heterocycles. The van der Waals surface area contributed by atoms with Crippen molar-refractivity contribution in [2.24, 2.45) is 0 Å². The molecule has 0 heterocycles. The molecule has 0 unspecified atom stereocenters. The molecule has 1 aliphatic carbocycles. The smallest absolute Gasteiger partial charge is 0.407 e. The average molecular weight is 320 g/mol. The molecule has 1 aromatic rings. The van der Waals surface area contributed by atoms with E-state index in [1.807, 2.05) is 45.0 Å². The van der Waals surface area contributed by atoms with Gasteiger partial charge in [0, 0.05) is 18.3 Å². The maximum atomic E-state index is 11.8. The molecule has 5 nitrogen and oxygen atoms in total. The number of aliphatic hydroxyl groups excluding tert-OH is 1. The highest BCUT2D eigenvalue weighted by atomic mass is 16.6. The van der Waals surface area contributed by atoms with E-state index in [0.29, 0.717) is 12.6 Å². The highest BCUT2D eigenvalue weighted by Crippen LogP contribution is 2.24. The molecule has 1 aromatic carbocycles. The molecule has 23 heavy (non-hydrogen) atoms. The first-order valence-electron chi connectivity index (χ1n) is 8.33. The van der Waals surface area contributed by atoms with Crippen molar-refractivity contribution in [2.75, 3.05) is 5.32 Å². The van der Waals surface area contributed by atoms with Crippen molar-refractivity contribution in [2.45, 2.75) is 70.7 Å². The van der Waals surface area contributed by atoms with Gasteiger partial charge in [0.2, 0.25) is 0 Å². The molecule has 0 spiro atoms. The predicted molar refractivity (Wildman–Crippen MR) is 91.4 cm³/mol. The fourth-order valence-electron chi connectivity index (χ4n) is 2.74. The highest BCUT2D eigenvalue weighted by molar-refractivity contribution is 5.68. The third-order valence-electron chi connectivity index (χ3n) is 3.90. The van der Waals surface area contributed by atoms with Crippen LogP contribution in [0.1, 0.15) is 52.0 Å². The summed E-state index contributed by atoms with van der Waals surface area (Å²) in [5.74, 6) is 0. The molecule has 1 fully saturated rings. The molecule has 0 radical (unpaired) electrons. The quantitative estimate of drug-likeness (QED) is 0.795. The molecule has 3 N–H and O–H groups in total. The van der Waals surface area contributed by atoms with Gasteiger partial charge in [-0.25, -0.2) is 4.79 Å². The van der Waals surface area contributed by atoms with E-state index in [-0.39, 0.29) is 6.10 Å². The first kappa shape index (κ1) is 17.6. The summed E-state index contributed by atoms with van der Waals surface area (Å²) in [6, 6.07) is 8.34. The Bertz CT molecular complexity index is 517. The Hall–Kier alpha value is -1.75. The number of rotatable bonds is 4. The Kier molecular flexibility index (Phi) is 5.88. The summed E-state index contributed by atoms with van der Waals surface area (Å²) >= 11 is 0. The van der Waals surface area contributed by atoms with Gasteiger partial charge in [-0.2, -0.15) is 0 Å². The van der Waals surface area contributed by atoms with E-state index < -0.39 is 11.7 Å². The predicted octanol–water partition coefficient (Wildman–Crippen LogP) is 3.43. The topological polar surface area (TPSA) is 70.6 Å². The van der Waals surface area contributed by atoms with E-state index >= 15 is 0 Å². The van der Waals surface area contributed by atoms with E-state index in [4.69, 9.17) is 4.74 Å². The lowest BCUT2D eigenvalue weighted by Gasteiger charge is -2.28. The molecule has 2 rings (SSSR count). The summed E-state index contributed by atoms with van der Waals surface area (Å²) in [5.41, 5.74) is 1.57. The number of carbonyl (C=O) groups excluding carboxylic acids is 1. The second-order valence-corrected chi connectivity index (χ2v) is 7.16. The Balaban J connectivity index is 1.91. The fraction of sp³-hybridized carbons (Fsp3) is 0.611. The van der Waals surface area contributed by atoms with Gasteiger partial charge in [0.15, 0.2) is 0 Å². The fourth-order valence-corrected chi connectivity index (χ4v) is 2.74. The number of aliphatic hydroxyl groups is 1. The zero-order valence-corrected chi connectivity index (χ0v) is 14.3. The average Bonchev–Trinajstić information content (AvgIpc) is 2.47. The van der Waals surface area contributed by atoms with Crippen molar-refractivity contribution < 1.29 is 14.6 Å². The van der Waals surface area contributed by atoms with Crippen molar-refractivity contribution >= 4 is 11.8 Å². The molecule has 5 heteroatoms. The largest absolute Gasteiger partial charge is 0.444 e. The SMILES string of the molecule is CC(C)(C)OC(=O)NCc1ccccc1NC1CCC(O)CC1. The molecule has 0 saturated heterocycles. The van der Waals surface area contributed by atoms with E-state index in [1.165, 1.54) is 0 Å². The van der Waals surface area contributed by atoms with Crippen LogP contribution < -0.4 is 10.6 Å². The number of hydrogen-bond acceptors (Lipinski definition) is 4. The van der Waals surface area contributed by atoms with Crippen molar-refractivity contribution in [3.05, 3.63) is 29.8 Å². The Morgan fingerprint density at radius 1 is 1.22 bits per heavy atom. The molecular weight excluding hydrogens is 292 g/mol. The Labute approximate surface area is 138 Å². The number of ether oxygens (including phenoxy) is 1. The van der Waals surface area contributed by atoms with Crippen LogP contribution in [-0.2, 0) is 11.3 Å². The molecule has 1 aliphatic rings. The van der Waals surface area contributed by atoms with Gasteiger partial charge in [0.1, 0.15) is 5.60 Å². The van der Waals surface area contributed by atoms with E-state index in [9.17, 15) is 9.90 Å². The first-order chi connectivity index (χ1) is 10.8. The van der Waals surface area contributed by atoms with Gasteiger partial charge >= 0.3 is 6.09 Å². The molecule has 1 amide bonds. The maximum Gasteiger partial charge on any atom is 0.407 e. The Morgan fingerprint density at radius 2 is 1.87 bits per heavy atom. The van der Waals surface area contributed by atoms with Crippen LogP contribution in [-0.4, -0.2) is 28.9 Å². The molecule has 0 bridgehead atoms. The second-order valence-electron chi connectivity index (χ2n) is 7.16. The van der Waals surface area contributed by atoms with Gasteiger partial charge in [-0.3, -0.25) is 0 Å². The van der Waals surface area contributed by atoms with Gasteiger partial charge in [-0.05, 0) is 58.1 Å². The first-order valence-corrected chi connectivity index (χ1v) is 8.33.